The summed E-state index contributed by atoms with van der Waals surface area (Å²) in [6.07, 6.45) is 9.85. The van der Waals surface area contributed by atoms with Crippen LogP contribution in [-0.2, 0) is 13.0 Å². The lowest BCUT2D eigenvalue weighted by Gasteiger charge is -2.25. The number of aryl methyl sites for hydroxylation is 1. The fraction of sp³-hybridized carbons (Fsp3) is 0.368. The summed E-state index contributed by atoms with van der Waals surface area (Å²) in [6.45, 7) is 3.58. The summed E-state index contributed by atoms with van der Waals surface area (Å²) in [5, 5.41) is 15.1. The molecule has 1 saturated heterocycles. The molecule has 0 aliphatic carbocycles. The van der Waals surface area contributed by atoms with Crippen LogP contribution in [0.25, 0.3) is 5.69 Å². The van der Waals surface area contributed by atoms with Crippen LogP contribution in [0, 0.1) is 0 Å². The van der Waals surface area contributed by atoms with Crippen molar-refractivity contribution in [3.8, 4) is 5.69 Å². The predicted molar refractivity (Wildman–Crippen MR) is 102 cm³/mol. The molecular formula is C19H23N7O. The zero-order valence-corrected chi connectivity index (χ0v) is 15.3. The van der Waals surface area contributed by atoms with Crippen molar-refractivity contribution in [2.75, 3.05) is 11.9 Å². The molecule has 1 aromatic carbocycles. The van der Waals surface area contributed by atoms with Crippen molar-refractivity contribution >= 4 is 11.7 Å². The van der Waals surface area contributed by atoms with Crippen molar-refractivity contribution in [3.05, 3.63) is 54.9 Å². The van der Waals surface area contributed by atoms with E-state index in [0.717, 1.165) is 49.3 Å². The summed E-state index contributed by atoms with van der Waals surface area (Å²) in [5.41, 5.74) is 2.85. The summed E-state index contributed by atoms with van der Waals surface area (Å²) in [7, 11) is 0. The summed E-state index contributed by atoms with van der Waals surface area (Å²) >= 11 is 0. The van der Waals surface area contributed by atoms with Gasteiger partial charge in [0.25, 0.3) is 0 Å². The van der Waals surface area contributed by atoms with Gasteiger partial charge in [-0.1, -0.05) is 13.0 Å². The number of amides is 2. The highest BCUT2D eigenvalue weighted by atomic mass is 16.2. The van der Waals surface area contributed by atoms with Gasteiger partial charge in [-0.3, -0.25) is 9.25 Å². The molecule has 1 aliphatic rings. The molecule has 27 heavy (non-hydrogen) atoms. The molecule has 3 heterocycles. The van der Waals surface area contributed by atoms with Crippen LogP contribution < -0.4 is 5.32 Å². The zero-order chi connectivity index (χ0) is 18.6. The van der Waals surface area contributed by atoms with Crippen LogP contribution in [0.1, 0.15) is 25.3 Å². The first-order chi connectivity index (χ1) is 13.2. The van der Waals surface area contributed by atoms with E-state index >= 15 is 0 Å². The number of hydrogen-bond donors (Lipinski definition) is 1. The normalized spacial score (nSPS) is 16.6. The third-order valence-electron chi connectivity index (χ3n) is 5.03. The molecule has 8 nitrogen and oxygen atoms in total. The lowest BCUT2D eigenvalue weighted by Crippen LogP contribution is -2.41. The average molecular weight is 365 g/mol. The molecule has 8 heteroatoms. The number of urea groups is 1. The molecule has 1 atom stereocenters. The Balaban J connectivity index is 1.52. The van der Waals surface area contributed by atoms with Gasteiger partial charge in [-0.15, -0.1) is 10.2 Å². The van der Waals surface area contributed by atoms with Gasteiger partial charge in [0.05, 0.1) is 18.3 Å². The number of nitrogens with zero attached hydrogens (tertiary/aromatic N) is 6. The van der Waals surface area contributed by atoms with Gasteiger partial charge in [0.2, 0.25) is 0 Å². The van der Waals surface area contributed by atoms with E-state index in [-0.39, 0.29) is 12.1 Å². The van der Waals surface area contributed by atoms with Crippen LogP contribution in [0.4, 0.5) is 10.5 Å². The highest BCUT2D eigenvalue weighted by molar-refractivity contribution is 5.91. The maximum atomic E-state index is 13.0. The van der Waals surface area contributed by atoms with Crippen LogP contribution in [0.5, 0.6) is 0 Å². The van der Waals surface area contributed by atoms with E-state index in [9.17, 15) is 4.79 Å². The van der Waals surface area contributed by atoms with Crippen LogP contribution in [0.3, 0.4) is 0 Å². The van der Waals surface area contributed by atoms with E-state index in [1.54, 1.807) is 18.9 Å². The molecule has 140 valence electrons. The minimum Gasteiger partial charge on any atom is -0.320 e. The molecular weight excluding hydrogens is 342 g/mol. The molecule has 0 bridgehead atoms. The molecule has 1 aliphatic heterocycles. The SMILES string of the molecule is CCc1ccc(-n2cnnc2)cc1NC(=O)N1CCCC1Cn1cccn1. The topological polar surface area (TPSA) is 80.9 Å². The average Bonchev–Trinajstić information content (AvgIpc) is 3.44. The summed E-state index contributed by atoms with van der Waals surface area (Å²) in [6, 6.07) is 8.03. The largest absolute Gasteiger partial charge is 0.322 e. The van der Waals surface area contributed by atoms with Crippen molar-refractivity contribution in [1.82, 2.24) is 29.4 Å². The second-order valence-electron chi connectivity index (χ2n) is 6.71. The van der Waals surface area contributed by atoms with Crippen LogP contribution >= 0.6 is 0 Å². The Bertz CT molecular complexity index is 889. The van der Waals surface area contributed by atoms with E-state index in [1.165, 1.54) is 0 Å². The van der Waals surface area contributed by atoms with E-state index < -0.39 is 0 Å². The number of nitrogens with one attached hydrogen (secondary N) is 1. The lowest BCUT2D eigenvalue weighted by molar-refractivity contribution is 0.199. The highest BCUT2D eigenvalue weighted by Gasteiger charge is 2.29. The highest BCUT2D eigenvalue weighted by Crippen LogP contribution is 2.24. The van der Waals surface area contributed by atoms with E-state index in [1.807, 2.05) is 44.6 Å². The quantitative estimate of drug-likeness (QED) is 0.754. The van der Waals surface area contributed by atoms with Crippen molar-refractivity contribution < 1.29 is 4.79 Å². The molecule has 1 unspecified atom stereocenters. The van der Waals surface area contributed by atoms with Gasteiger partial charge in [-0.25, -0.2) is 4.79 Å². The van der Waals surface area contributed by atoms with Crippen molar-refractivity contribution in [2.45, 2.75) is 38.8 Å². The Labute approximate surface area is 157 Å². The third-order valence-corrected chi connectivity index (χ3v) is 5.03. The molecule has 0 spiro atoms. The number of rotatable bonds is 5. The summed E-state index contributed by atoms with van der Waals surface area (Å²) < 4.78 is 3.71. The Kier molecular flexibility index (Phi) is 4.86. The zero-order valence-electron chi connectivity index (χ0n) is 15.3. The summed E-state index contributed by atoms with van der Waals surface area (Å²) in [4.78, 5) is 14.9. The smallest absolute Gasteiger partial charge is 0.320 e. The number of likely N-dealkylation sites (tertiary alicyclic amines) is 1. The maximum absolute atomic E-state index is 13.0. The second-order valence-corrected chi connectivity index (χ2v) is 6.71. The van der Waals surface area contributed by atoms with Gasteiger partial charge in [0.1, 0.15) is 12.7 Å². The number of aromatic nitrogens is 5. The molecule has 1 N–H and O–H groups in total. The molecule has 1 fully saturated rings. The minimum atomic E-state index is -0.0553. The van der Waals surface area contributed by atoms with Gasteiger partial charge < -0.3 is 10.2 Å². The number of benzene rings is 1. The number of anilines is 1. The summed E-state index contributed by atoms with van der Waals surface area (Å²) in [5.74, 6) is 0. The molecule has 0 radical (unpaired) electrons. The van der Waals surface area contributed by atoms with Gasteiger partial charge in [-0.2, -0.15) is 5.10 Å². The Hall–Kier alpha value is -3.16. The first-order valence-corrected chi connectivity index (χ1v) is 9.27. The fourth-order valence-electron chi connectivity index (χ4n) is 3.59. The second kappa shape index (κ2) is 7.61. The monoisotopic (exact) mass is 365 g/mol. The van der Waals surface area contributed by atoms with Gasteiger partial charge in [0.15, 0.2) is 0 Å². The van der Waals surface area contributed by atoms with Gasteiger partial charge in [0, 0.05) is 24.6 Å². The fourth-order valence-corrected chi connectivity index (χ4v) is 3.59. The molecule has 0 saturated carbocycles. The molecule has 2 amide bonds. The van der Waals surface area contributed by atoms with E-state index in [0.29, 0.717) is 0 Å². The number of carbonyl (C=O) groups excluding carboxylic acids is 1. The number of carbonyl (C=O) groups is 1. The van der Waals surface area contributed by atoms with Crippen LogP contribution in [0.15, 0.2) is 49.3 Å². The molecule has 3 aromatic rings. The van der Waals surface area contributed by atoms with Crippen LogP contribution in [-0.4, -0.2) is 48.1 Å². The van der Waals surface area contributed by atoms with Crippen molar-refractivity contribution in [1.29, 1.82) is 0 Å². The van der Waals surface area contributed by atoms with Gasteiger partial charge in [-0.05, 0) is 43.0 Å². The van der Waals surface area contributed by atoms with Crippen molar-refractivity contribution in [2.24, 2.45) is 0 Å². The van der Waals surface area contributed by atoms with E-state index in [4.69, 9.17) is 0 Å². The predicted octanol–water partition coefficient (Wildman–Crippen LogP) is 2.72. The van der Waals surface area contributed by atoms with Crippen LogP contribution in [0.2, 0.25) is 0 Å². The first kappa shape index (κ1) is 17.3. The third kappa shape index (κ3) is 3.69. The molecule has 2 aromatic heterocycles. The minimum absolute atomic E-state index is 0.0553. The lowest BCUT2D eigenvalue weighted by atomic mass is 10.1. The Morgan fingerprint density at radius 3 is 2.89 bits per heavy atom. The Morgan fingerprint density at radius 1 is 1.30 bits per heavy atom. The Morgan fingerprint density at radius 2 is 2.15 bits per heavy atom. The maximum Gasteiger partial charge on any atom is 0.322 e. The first-order valence-electron chi connectivity index (χ1n) is 9.27. The number of hydrogen-bond acceptors (Lipinski definition) is 4. The van der Waals surface area contributed by atoms with E-state index in [2.05, 4.69) is 27.5 Å². The van der Waals surface area contributed by atoms with Crippen molar-refractivity contribution in [3.63, 3.8) is 0 Å². The molecule has 4 rings (SSSR count). The standard InChI is InChI=1S/C19H23N7O/c1-2-15-6-7-16(24-13-20-21-14-24)11-18(15)23-19(27)26-10-3-5-17(26)12-25-9-4-8-22-25/h4,6-9,11,13-14,17H,2-3,5,10,12H2,1H3,(H,23,27). The van der Waals surface area contributed by atoms with Gasteiger partial charge >= 0.3 is 6.03 Å².